The Morgan fingerprint density at radius 2 is 2.31 bits per heavy atom. The van der Waals surface area contributed by atoms with Crippen LogP contribution in [0.25, 0.3) is 0 Å². The maximum absolute atomic E-state index is 11.5. The fraction of sp³-hybridized carbons (Fsp3) is 0.900. The first-order valence-corrected chi connectivity index (χ1v) is 5.28. The van der Waals surface area contributed by atoms with Crippen molar-refractivity contribution in [3.8, 4) is 0 Å². The fourth-order valence-corrected chi connectivity index (χ4v) is 1.59. The van der Waals surface area contributed by atoms with Crippen molar-refractivity contribution in [3.05, 3.63) is 0 Å². The van der Waals surface area contributed by atoms with E-state index in [1.807, 2.05) is 0 Å². The van der Waals surface area contributed by atoms with E-state index >= 15 is 0 Å². The van der Waals surface area contributed by atoms with Crippen LogP contribution in [0.3, 0.4) is 0 Å². The largest absolute Gasteiger partial charge is 0.352 e. The predicted molar refractivity (Wildman–Crippen MR) is 53.2 cm³/mol. The number of rotatable bonds is 5. The van der Waals surface area contributed by atoms with Crippen molar-refractivity contribution in [1.82, 2.24) is 5.32 Å². The van der Waals surface area contributed by atoms with Gasteiger partial charge in [0.25, 0.3) is 0 Å². The molecule has 0 aromatic heterocycles. The summed E-state index contributed by atoms with van der Waals surface area (Å²) in [6.07, 6.45) is 5.41. The van der Waals surface area contributed by atoms with Gasteiger partial charge in [-0.1, -0.05) is 19.8 Å². The Hall–Kier alpha value is -0.570. The van der Waals surface area contributed by atoms with Crippen molar-refractivity contribution in [2.24, 2.45) is 11.7 Å². The minimum atomic E-state index is 0.193. The summed E-state index contributed by atoms with van der Waals surface area (Å²) in [6, 6.07) is 0.193. The SMILES string of the molecule is CCCC(CN)NC(=O)C1CCC1. The molecular formula is C10H20N2O. The van der Waals surface area contributed by atoms with Gasteiger partial charge >= 0.3 is 0 Å². The molecule has 1 aliphatic rings. The Morgan fingerprint density at radius 3 is 2.69 bits per heavy atom. The van der Waals surface area contributed by atoms with E-state index in [0.717, 1.165) is 25.7 Å². The molecular weight excluding hydrogens is 164 g/mol. The Bertz CT molecular complexity index is 166. The van der Waals surface area contributed by atoms with Crippen LogP contribution in [-0.4, -0.2) is 18.5 Å². The molecule has 0 radical (unpaired) electrons. The van der Waals surface area contributed by atoms with Crippen molar-refractivity contribution < 1.29 is 4.79 Å². The van der Waals surface area contributed by atoms with Crippen LogP contribution in [0.2, 0.25) is 0 Å². The molecule has 1 saturated carbocycles. The maximum Gasteiger partial charge on any atom is 0.223 e. The third-order valence-electron chi connectivity index (χ3n) is 2.74. The highest BCUT2D eigenvalue weighted by Crippen LogP contribution is 2.26. The summed E-state index contributed by atoms with van der Waals surface area (Å²) in [6.45, 7) is 2.67. The molecule has 76 valence electrons. The lowest BCUT2D eigenvalue weighted by molar-refractivity contribution is -0.128. The molecule has 3 heteroatoms. The molecule has 1 unspecified atom stereocenters. The predicted octanol–water partition coefficient (Wildman–Crippen LogP) is 1.03. The molecule has 1 rings (SSSR count). The van der Waals surface area contributed by atoms with Gasteiger partial charge in [0.1, 0.15) is 0 Å². The summed E-state index contributed by atoms with van der Waals surface area (Å²) in [5, 5.41) is 3.01. The standard InChI is InChI=1S/C10H20N2O/c1-2-4-9(7-11)12-10(13)8-5-3-6-8/h8-9H,2-7,11H2,1H3,(H,12,13). The first kappa shape index (κ1) is 10.5. The number of hydrogen-bond donors (Lipinski definition) is 2. The third-order valence-corrected chi connectivity index (χ3v) is 2.74. The molecule has 0 heterocycles. The van der Waals surface area contributed by atoms with Crippen LogP contribution in [0.15, 0.2) is 0 Å². The number of hydrogen-bond acceptors (Lipinski definition) is 2. The molecule has 1 fully saturated rings. The van der Waals surface area contributed by atoms with Crippen LogP contribution < -0.4 is 11.1 Å². The normalized spacial score (nSPS) is 19.2. The smallest absolute Gasteiger partial charge is 0.223 e. The lowest BCUT2D eigenvalue weighted by atomic mass is 9.84. The number of nitrogens with one attached hydrogen (secondary N) is 1. The minimum absolute atomic E-state index is 0.193. The van der Waals surface area contributed by atoms with Crippen molar-refractivity contribution in [3.63, 3.8) is 0 Å². The van der Waals surface area contributed by atoms with Gasteiger partial charge in [-0.05, 0) is 19.3 Å². The monoisotopic (exact) mass is 184 g/mol. The molecule has 1 aliphatic carbocycles. The highest BCUT2D eigenvalue weighted by Gasteiger charge is 2.26. The molecule has 3 nitrogen and oxygen atoms in total. The van der Waals surface area contributed by atoms with E-state index < -0.39 is 0 Å². The number of nitrogens with two attached hydrogens (primary N) is 1. The molecule has 13 heavy (non-hydrogen) atoms. The summed E-state index contributed by atoms with van der Waals surface area (Å²) in [5.41, 5.74) is 5.55. The average Bonchev–Trinajstić information content (AvgIpc) is 2.00. The zero-order valence-corrected chi connectivity index (χ0v) is 8.38. The van der Waals surface area contributed by atoms with Gasteiger partial charge in [0, 0.05) is 18.5 Å². The molecule has 0 aromatic rings. The highest BCUT2D eigenvalue weighted by molar-refractivity contribution is 5.79. The fourth-order valence-electron chi connectivity index (χ4n) is 1.59. The van der Waals surface area contributed by atoms with Gasteiger partial charge in [0.2, 0.25) is 5.91 Å². The second-order valence-electron chi connectivity index (χ2n) is 3.86. The van der Waals surface area contributed by atoms with Crippen LogP contribution >= 0.6 is 0 Å². The van der Waals surface area contributed by atoms with Crippen molar-refractivity contribution in [1.29, 1.82) is 0 Å². The molecule has 3 N–H and O–H groups in total. The second kappa shape index (κ2) is 5.22. The van der Waals surface area contributed by atoms with Gasteiger partial charge in [-0.15, -0.1) is 0 Å². The molecule has 1 atom stereocenters. The summed E-state index contributed by atoms with van der Waals surface area (Å²) >= 11 is 0. The summed E-state index contributed by atoms with van der Waals surface area (Å²) in [4.78, 5) is 11.5. The van der Waals surface area contributed by atoms with E-state index in [2.05, 4.69) is 12.2 Å². The van der Waals surface area contributed by atoms with Crippen LogP contribution in [0, 0.1) is 5.92 Å². The van der Waals surface area contributed by atoms with Gasteiger partial charge in [0.05, 0.1) is 0 Å². The second-order valence-corrected chi connectivity index (χ2v) is 3.86. The number of carbonyl (C=O) groups excluding carboxylic acids is 1. The molecule has 0 saturated heterocycles. The van der Waals surface area contributed by atoms with Gasteiger partial charge in [0.15, 0.2) is 0 Å². The lowest BCUT2D eigenvalue weighted by Crippen LogP contribution is -2.44. The first-order valence-electron chi connectivity index (χ1n) is 5.28. The first-order chi connectivity index (χ1) is 6.27. The number of amides is 1. The van der Waals surface area contributed by atoms with Gasteiger partial charge in [-0.25, -0.2) is 0 Å². The van der Waals surface area contributed by atoms with E-state index in [1.165, 1.54) is 6.42 Å². The van der Waals surface area contributed by atoms with Crippen LogP contribution in [0.4, 0.5) is 0 Å². The van der Waals surface area contributed by atoms with Gasteiger partial charge in [-0.2, -0.15) is 0 Å². The summed E-state index contributed by atoms with van der Waals surface area (Å²) in [5.74, 6) is 0.501. The van der Waals surface area contributed by atoms with E-state index in [-0.39, 0.29) is 17.9 Å². The van der Waals surface area contributed by atoms with Gasteiger partial charge < -0.3 is 11.1 Å². The zero-order valence-electron chi connectivity index (χ0n) is 8.38. The molecule has 0 bridgehead atoms. The van der Waals surface area contributed by atoms with Crippen molar-refractivity contribution in [2.75, 3.05) is 6.54 Å². The lowest BCUT2D eigenvalue weighted by Gasteiger charge is -2.26. The molecule has 0 spiro atoms. The van der Waals surface area contributed by atoms with E-state index in [1.54, 1.807) is 0 Å². The molecule has 0 aromatic carbocycles. The Labute approximate surface area is 80.1 Å². The molecule has 1 amide bonds. The van der Waals surface area contributed by atoms with E-state index in [9.17, 15) is 4.79 Å². The highest BCUT2D eigenvalue weighted by atomic mass is 16.2. The summed E-state index contributed by atoms with van der Waals surface area (Å²) in [7, 11) is 0. The summed E-state index contributed by atoms with van der Waals surface area (Å²) < 4.78 is 0. The van der Waals surface area contributed by atoms with Gasteiger partial charge in [-0.3, -0.25) is 4.79 Å². The van der Waals surface area contributed by atoms with Crippen LogP contribution in [0.1, 0.15) is 39.0 Å². The Balaban J connectivity index is 2.23. The van der Waals surface area contributed by atoms with Crippen LogP contribution in [-0.2, 0) is 4.79 Å². The maximum atomic E-state index is 11.5. The molecule has 0 aliphatic heterocycles. The Morgan fingerprint density at radius 1 is 1.62 bits per heavy atom. The van der Waals surface area contributed by atoms with Crippen LogP contribution in [0.5, 0.6) is 0 Å². The zero-order chi connectivity index (χ0) is 9.68. The van der Waals surface area contributed by atoms with E-state index in [4.69, 9.17) is 5.73 Å². The third kappa shape index (κ3) is 2.99. The number of carbonyl (C=O) groups is 1. The average molecular weight is 184 g/mol. The topological polar surface area (TPSA) is 55.1 Å². The van der Waals surface area contributed by atoms with Crippen molar-refractivity contribution in [2.45, 2.75) is 45.1 Å². The van der Waals surface area contributed by atoms with E-state index in [0.29, 0.717) is 6.54 Å². The quantitative estimate of drug-likeness (QED) is 0.670. The van der Waals surface area contributed by atoms with Crippen molar-refractivity contribution >= 4 is 5.91 Å². The minimum Gasteiger partial charge on any atom is -0.352 e. The Kier molecular flexibility index (Phi) is 4.22.